The van der Waals surface area contributed by atoms with Crippen LogP contribution in [0.1, 0.15) is 28.5 Å². The van der Waals surface area contributed by atoms with Crippen molar-refractivity contribution >= 4 is 28.8 Å². The van der Waals surface area contributed by atoms with Gasteiger partial charge in [-0.1, -0.05) is 12.1 Å². The molecule has 0 aliphatic carbocycles. The Hall–Kier alpha value is -2.21. The molecular formula is C15H18N4OS. The number of benzene rings is 1. The van der Waals surface area contributed by atoms with E-state index in [9.17, 15) is 4.79 Å². The molecule has 0 aliphatic rings. The molecule has 21 heavy (non-hydrogen) atoms. The largest absolute Gasteiger partial charge is 0.358 e. The molecule has 0 aliphatic heterocycles. The van der Waals surface area contributed by atoms with Crippen molar-refractivity contribution in [1.29, 1.82) is 0 Å². The third kappa shape index (κ3) is 4.13. The summed E-state index contributed by atoms with van der Waals surface area (Å²) in [6, 6.07) is 7.26. The Morgan fingerprint density at radius 2 is 2.19 bits per heavy atom. The molecule has 0 unspecified atom stereocenters. The maximum Gasteiger partial charge on any atom is 0.171 e. The zero-order valence-electron chi connectivity index (χ0n) is 12.3. The fraction of sp³-hybridized carbons (Fsp3) is 0.267. The maximum atomic E-state index is 11.3. The second-order valence-electron chi connectivity index (χ2n) is 4.86. The van der Waals surface area contributed by atoms with Gasteiger partial charge in [-0.05, 0) is 38.2 Å². The van der Waals surface area contributed by atoms with Crippen molar-refractivity contribution in [3.05, 3.63) is 47.3 Å². The number of hydrogen-bond donors (Lipinski definition) is 2. The highest BCUT2D eigenvalue weighted by Gasteiger charge is 2.05. The van der Waals surface area contributed by atoms with E-state index in [1.54, 1.807) is 23.7 Å². The zero-order chi connectivity index (χ0) is 15.4. The van der Waals surface area contributed by atoms with E-state index in [1.165, 1.54) is 0 Å². The number of aromatic nitrogens is 2. The molecule has 1 heterocycles. The van der Waals surface area contributed by atoms with Crippen LogP contribution in [0.25, 0.3) is 0 Å². The Morgan fingerprint density at radius 1 is 1.43 bits per heavy atom. The molecule has 2 N–H and O–H groups in total. The minimum atomic E-state index is 0.0310. The van der Waals surface area contributed by atoms with Crippen molar-refractivity contribution in [1.82, 2.24) is 15.1 Å². The van der Waals surface area contributed by atoms with Crippen LogP contribution in [-0.4, -0.2) is 20.7 Å². The Kier molecular flexibility index (Phi) is 4.70. The lowest BCUT2D eigenvalue weighted by Gasteiger charge is -2.10. The number of hydrogen-bond acceptors (Lipinski definition) is 3. The van der Waals surface area contributed by atoms with E-state index >= 15 is 0 Å². The topological polar surface area (TPSA) is 59.0 Å². The molecule has 1 aromatic heterocycles. The van der Waals surface area contributed by atoms with Crippen molar-refractivity contribution in [2.24, 2.45) is 7.05 Å². The van der Waals surface area contributed by atoms with Crippen LogP contribution >= 0.6 is 12.2 Å². The molecule has 5 nitrogen and oxygen atoms in total. The van der Waals surface area contributed by atoms with Gasteiger partial charge in [-0.25, -0.2) is 0 Å². The van der Waals surface area contributed by atoms with Gasteiger partial charge in [0.15, 0.2) is 10.9 Å². The van der Waals surface area contributed by atoms with Crippen molar-refractivity contribution in [3.63, 3.8) is 0 Å². The minimum Gasteiger partial charge on any atom is -0.358 e. The van der Waals surface area contributed by atoms with Gasteiger partial charge in [-0.3, -0.25) is 9.48 Å². The van der Waals surface area contributed by atoms with Crippen LogP contribution in [0.15, 0.2) is 30.5 Å². The Labute approximate surface area is 129 Å². The first-order valence-corrected chi connectivity index (χ1v) is 7.01. The predicted molar refractivity (Wildman–Crippen MR) is 87.5 cm³/mol. The average Bonchev–Trinajstić information content (AvgIpc) is 2.75. The summed E-state index contributed by atoms with van der Waals surface area (Å²) in [5, 5.41) is 11.0. The van der Waals surface area contributed by atoms with Gasteiger partial charge in [0.2, 0.25) is 0 Å². The van der Waals surface area contributed by atoms with Crippen molar-refractivity contribution < 1.29 is 4.79 Å². The molecule has 0 bridgehead atoms. The molecule has 0 saturated carbocycles. The predicted octanol–water partition coefficient (Wildman–Crippen LogP) is 2.42. The van der Waals surface area contributed by atoms with Gasteiger partial charge in [0, 0.05) is 36.6 Å². The number of nitrogens with zero attached hydrogens (tertiary/aromatic N) is 2. The maximum absolute atomic E-state index is 11.3. The quantitative estimate of drug-likeness (QED) is 0.671. The molecule has 1 aromatic carbocycles. The fourth-order valence-corrected chi connectivity index (χ4v) is 2.18. The molecule has 0 fully saturated rings. The lowest BCUT2D eigenvalue weighted by atomic mass is 10.1. The Morgan fingerprint density at radius 3 is 2.81 bits per heavy atom. The number of carbonyl (C=O) groups is 1. The second kappa shape index (κ2) is 6.49. The van der Waals surface area contributed by atoms with Crippen LogP contribution in [0, 0.1) is 6.92 Å². The van der Waals surface area contributed by atoms with Gasteiger partial charge in [0.1, 0.15) is 0 Å². The second-order valence-corrected chi connectivity index (χ2v) is 5.27. The average molecular weight is 302 g/mol. The summed E-state index contributed by atoms with van der Waals surface area (Å²) < 4.78 is 1.78. The van der Waals surface area contributed by atoms with Gasteiger partial charge < -0.3 is 10.6 Å². The number of thiocarbonyl (C=S) groups is 1. The smallest absolute Gasteiger partial charge is 0.171 e. The molecule has 0 amide bonds. The third-order valence-corrected chi connectivity index (χ3v) is 3.33. The number of Topliss-reactive ketones (excluding diaryl/α,β-unsaturated/α-hetero) is 1. The van der Waals surface area contributed by atoms with E-state index in [2.05, 4.69) is 15.7 Å². The molecule has 110 valence electrons. The lowest BCUT2D eigenvalue weighted by Crippen LogP contribution is -2.28. The highest BCUT2D eigenvalue weighted by Crippen LogP contribution is 2.11. The van der Waals surface area contributed by atoms with E-state index in [0.29, 0.717) is 17.2 Å². The molecule has 0 atom stereocenters. The number of anilines is 1. The van der Waals surface area contributed by atoms with Crippen molar-refractivity contribution in [3.8, 4) is 0 Å². The summed E-state index contributed by atoms with van der Waals surface area (Å²) in [6.45, 7) is 4.11. The number of carbonyl (C=O) groups excluding carboxylic acids is 1. The van der Waals surface area contributed by atoms with Gasteiger partial charge in [0.05, 0.1) is 5.69 Å². The molecule has 2 aromatic rings. The highest BCUT2D eigenvalue weighted by molar-refractivity contribution is 7.80. The Balaban J connectivity index is 1.94. The first-order chi connectivity index (χ1) is 9.95. The zero-order valence-corrected chi connectivity index (χ0v) is 13.1. The number of aryl methyl sites for hydroxylation is 2. The van der Waals surface area contributed by atoms with Crippen LogP contribution < -0.4 is 10.6 Å². The Bertz CT molecular complexity index is 678. The third-order valence-electron chi connectivity index (χ3n) is 3.08. The van der Waals surface area contributed by atoms with E-state index in [-0.39, 0.29) is 5.78 Å². The molecule has 6 heteroatoms. The summed E-state index contributed by atoms with van der Waals surface area (Å²) in [4.78, 5) is 11.3. The number of ketones is 1. The summed E-state index contributed by atoms with van der Waals surface area (Å²) in [5.41, 5.74) is 3.53. The molecular weight excluding hydrogens is 284 g/mol. The lowest BCUT2D eigenvalue weighted by molar-refractivity contribution is 0.101. The first-order valence-electron chi connectivity index (χ1n) is 6.60. The van der Waals surface area contributed by atoms with Crippen LogP contribution in [0.4, 0.5) is 5.69 Å². The summed E-state index contributed by atoms with van der Waals surface area (Å²) in [7, 11) is 1.89. The molecule has 0 spiro atoms. The summed E-state index contributed by atoms with van der Waals surface area (Å²) in [5.74, 6) is 0.0310. The number of nitrogens with one attached hydrogen (secondary N) is 2. The normalized spacial score (nSPS) is 10.2. The number of rotatable bonds is 4. The molecule has 0 radical (unpaired) electrons. The van der Waals surface area contributed by atoms with E-state index in [4.69, 9.17) is 12.2 Å². The highest BCUT2D eigenvalue weighted by atomic mass is 32.1. The van der Waals surface area contributed by atoms with Crippen LogP contribution in [0.5, 0.6) is 0 Å². The van der Waals surface area contributed by atoms with Crippen LogP contribution in [0.2, 0.25) is 0 Å². The molecule has 0 saturated heterocycles. The summed E-state index contributed by atoms with van der Waals surface area (Å²) >= 11 is 5.26. The van der Waals surface area contributed by atoms with E-state index in [0.717, 1.165) is 16.9 Å². The van der Waals surface area contributed by atoms with E-state index in [1.807, 2.05) is 32.3 Å². The monoisotopic (exact) mass is 302 g/mol. The van der Waals surface area contributed by atoms with E-state index < -0.39 is 0 Å². The fourth-order valence-electron chi connectivity index (χ4n) is 1.99. The van der Waals surface area contributed by atoms with Crippen LogP contribution in [-0.2, 0) is 13.6 Å². The molecule has 2 rings (SSSR count). The first kappa shape index (κ1) is 15.2. The van der Waals surface area contributed by atoms with Crippen molar-refractivity contribution in [2.45, 2.75) is 20.4 Å². The SMILES string of the molecule is CC(=O)c1cccc(NC(=S)NCc2cn(C)nc2C)c1. The van der Waals surface area contributed by atoms with Gasteiger partial charge >= 0.3 is 0 Å². The van der Waals surface area contributed by atoms with Gasteiger partial charge in [-0.2, -0.15) is 5.10 Å². The summed E-state index contributed by atoms with van der Waals surface area (Å²) in [6.07, 6.45) is 1.96. The standard InChI is InChI=1S/C15H18N4OS/c1-10-13(9-19(3)18-10)8-16-15(21)17-14-6-4-5-12(7-14)11(2)20/h4-7,9H,8H2,1-3H3,(H2,16,17,21). The van der Waals surface area contributed by atoms with Gasteiger partial charge in [0.25, 0.3) is 0 Å². The van der Waals surface area contributed by atoms with Gasteiger partial charge in [-0.15, -0.1) is 0 Å². The van der Waals surface area contributed by atoms with Crippen LogP contribution in [0.3, 0.4) is 0 Å². The minimum absolute atomic E-state index is 0.0310. The van der Waals surface area contributed by atoms with Crippen molar-refractivity contribution in [2.75, 3.05) is 5.32 Å².